The molecule has 1 atom stereocenters. The van der Waals surface area contributed by atoms with Gasteiger partial charge in [0, 0.05) is 43.7 Å². The van der Waals surface area contributed by atoms with Gasteiger partial charge in [0.05, 0.1) is 0 Å². The van der Waals surface area contributed by atoms with Gasteiger partial charge in [-0.05, 0) is 30.0 Å². The number of nitrogens with zero attached hydrogens (tertiary/aromatic N) is 1. The Kier molecular flexibility index (Phi) is 4.28. The molecule has 1 unspecified atom stereocenters. The van der Waals surface area contributed by atoms with Gasteiger partial charge in [0.15, 0.2) is 0 Å². The molecule has 138 valence electrons. The van der Waals surface area contributed by atoms with E-state index in [0.29, 0.717) is 25.1 Å². The van der Waals surface area contributed by atoms with E-state index >= 15 is 0 Å². The Morgan fingerprint density at radius 3 is 2.73 bits per heavy atom. The lowest BCUT2D eigenvalue weighted by atomic mass is 9.89. The summed E-state index contributed by atoms with van der Waals surface area (Å²) in [7, 11) is 0. The molecule has 3 N–H and O–H groups in total. The van der Waals surface area contributed by atoms with Gasteiger partial charge >= 0.3 is 0 Å². The molecule has 0 spiro atoms. The molecule has 3 heterocycles. The third-order valence-corrected chi connectivity index (χ3v) is 5.86. The number of carbonyl (C=O) groups is 3. The molecule has 3 aliphatic heterocycles. The van der Waals surface area contributed by atoms with Crippen molar-refractivity contribution in [2.24, 2.45) is 0 Å². The smallest absolute Gasteiger partial charge is 0.255 e. The average Bonchev–Trinajstić information content (AvgIpc) is 2.91. The van der Waals surface area contributed by atoms with Crippen molar-refractivity contribution in [3.63, 3.8) is 0 Å². The van der Waals surface area contributed by atoms with Gasteiger partial charge in [-0.1, -0.05) is 19.1 Å². The third-order valence-electron chi connectivity index (χ3n) is 5.86. The van der Waals surface area contributed by atoms with E-state index in [1.807, 2.05) is 18.2 Å². The zero-order valence-corrected chi connectivity index (χ0v) is 14.9. The van der Waals surface area contributed by atoms with Crippen LogP contribution in [0.3, 0.4) is 0 Å². The van der Waals surface area contributed by atoms with Crippen molar-refractivity contribution in [1.82, 2.24) is 20.9 Å². The van der Waals surface area contributed by atoms with E-state index in [0.717, 1.165) is 30.6 Å². The van der Waals surface area contributed by atoms with Gasteiger partial charge < -0.3 is 15.5 Å². The second-order valence-electron chi connectivity index (χ2n) is 7.48. The van der Waals surface area contributed by atoms with Crippen molar-refractivity contribution in [1.29, 1.82) is 0 Å². The highest BCUT2D eigenvalue weighted by Crippen LogP contribution is 2.28. The second kappa shape index (κ2) is 6.48. The first-order valence-corrected chi connectivity index (χ1v) is 9.23. The topological polar surface area (TPSA) is 90.5 Å². The van der Waals surface area contributed by atoms with E-state index in [9.17, 15) is 14.4 Å². The van der Waals surface area contributed by atoms with Gasteiger partial charge in [0.2, 0.25) is 11.8 Å². The molecular weight excluding hydrogens is 332 g/mol. The van der Waals surface area contributed by atoms with Gasteiger partial charge in [0.25, 0.3) is 5.91 Å². The Morgan fingerprint density at radius 1 is 1.27 bits per heavy atom. The van der Waals surface area contributed by atoms with Gasteiger partial charge in [-0.25, -0.2) is 0 Å². The predicted octanol–water partition coefficient (Wildman–Crippen LogP) is 0.289. The number of amides is 3. The van der Waals surface area contributed by atoms with Crippen LogP contribution in [0.5, 0.6) is 0 Å². The minimum Gasteiger partial charge on any atom is -0.322 e. The van der Waals surface area contributed by atoms with Crippen LogP contribution < -0.4 is 16.0 Å². The molecule has 7 nitrogen and oxygen atoms in total. The molecule has 0 radical (unpaired) electrons. The summed E-state index contributed by atoms with van der Waals surface area (Å²) in [4.78, 5) is 37.9. The Balaban J connectivity index is 1.47. The van der Waals surface area contributed by atoms with Gasteiger partial charge in [-0.2, -0.15) is 0 Å². The minimum atomic E-state index is -0.557. The maximum absolute atomic E-state index is 12.8. The monoisotopic (exact) mass is 356 g/mol. The molecule has 0 aromatic heterocycles. The summed E-state index contributed by atoms with van der Waals surface area (Å²) in [6.45, 7) is 5.26. The summed E-state index contributed by atoms with van der Waals surface area (Å²) in [6.07, 6.45) is 1.73. The lowest BCUT2D eigenvalue weighted by molar-refractivity contribution is -0.136. The van der Waals surface area contributed by atoms with E-state index in [1.54, 1.807) is 4.90 Å². The fraction of sp³-hybridized carbons (Fsp3) is 0.526. The van der Waals surface area contributed by atoms with Crippen LogP contribution in [0.15, 0.2) is 18.2 Å². The van der Waals surface area contributed by atoms with E-state index in [2.05, 4.69) is 22.9 Å². The molecule has 1 aromatic carbocycles. The van der Waals surface area contributed by atoms with Crippen LogP contribution in [-0.4, -0.2) is 47.3 Å². The lowest BCUT2D eigenvalue weighted by Gasteiger charge is -2.43. The van der Waals surface area contributed by atoms with Crippen LogP contribution in [0, 0.1) is 0 Å². The molecule has 1 aromatic rings. The van der Waals surface area contributed by atoms with E-state index in [-0.39, 0.29) is 29.7 Å². The Labute approximate surface area is 152 Å². The highest BCUT2D eigenvalue weighted by Gasteiger charge is 2.39. The van der Waals surface area contributed by atoms with E-state index in [4.69, 9.17) is 0 Å². The van der Waals surface area contributed by atoms with Gasteiger partial charge in [-0.3, -0.25) is 19.7 Å². The maximum Gasteiger partial charge on any atom is 0.255 e. The van der Waals surface area contributed by atoms with E-state index in [1.165, 1.54) is 0 Å². The van der Waals surface area contributed by atoms with Crippen molar-refractivity contribution in [2.45, 2.75) is 50.9 Å². The minimum absolute atomic E-state index is 0.119. The zero-order valence-electron chi connectivity index (χ0n) is 14.9. The van der Waals surface area contributed by atoms with Gasteiger partial charge in [-0.15, -0.1) is 0 Å². The molecule has 7 heteroatoms. The van der Waals surface area contributed by atoms with Crippen LogP contribution in [-0.2, 0) is 22.7 Å². The summed E-state index contributed by atoms with van der Waals surface area (Å²) in [5, 5.41) is 9.24. The Morgan fingerprint density at radius 2 is 2.08 bits per heavy atom. The van der Waals surface area contributed by atoms with Crippen LogP contribution >= 0.6 is 0 Å². The third kappa shape index (κ3) is 2.91. The van der Waals surface area contributed by atoms with Crippen molar-refractivity contribution in [2.75, 3.05) is 13.1 Å². The summed E-state index contributed by atoms with van der Waals surface area (Å²) in [5.41, 5.74) is 2.84. The fourth-order valence-electron chi connectivity index (χ4n) is 3.93. The quantitative estimate of drug-likeness (QED) is 0.660. The average molecular weight is 356 g/mol. The summed E-state index contributed by atoms with van der Waals surface area (Å²) < 4.78 is 0. The van der Waals surface area contributed by atoms with Crippen molar-refractivity contribution >= 4 is 17.7 Å². The number of piperidine rings is 1. The highest BCUT2D eigenvalue weighted by molar-refractivity contribution is 6.05. The molecule has 0 aliphatic carbocycles. The summed E-state index contributed by atoms with van der Waals surface area (Å²) in [5.74, 6) is -0.752. The Bertz CT molecular complexity index is 767. The predicted molar refractivity (Wildman–Crippen MR) is 95.2 cm³/mol. The number of imide groups is 1. The molecule has 0 bridgehead atoms. The highest BCUT2D eigenvalue weighted by atomic mass is 16.2. The van der Waals surface area contributed by atoms with Crippen LogP contribution in [0.2, 0.25) is 0 Å². The number of carbonyl (C=O) groups excluding carboxylic acids is 3. The largest absolute Gasteiger partial charge is 0.322 e. The molecule has 3 aliphatic rings. The number of hydrogen-bond donors (Lipinski definition) is 3. The number of nitrogens with one attached hydrogen (secondary N) is 3. The second-order valence-corrected chi connectivity index (χ2v) is 7.48. The maximum atomic E-state index is 12.8. The summed E-state index contributed by atoms with van der Waals surface area (Å²) in [6, 6.07) is 5.40. The zero-order chi connectivity index (χ0) is 18.3. The normalized spacial score (nSPS) is 24.3. The number of rotatable bonds is 5. The van der Waals surface area contributed by atoms with Crippen molar-refractivity contribution in [3.8, 4) is 0 Å². The first-order valence-electron chi connectivity index (χ1n) is 9.23. The first kappa shape index (κ1) is 17.2. The van der Waals surface area contributed by atoms with Crippen LogP contribution in [0.25, 0.3) is 0 Å². The van der Waals surface area contributed by atoms with Gasteiger partial charge in [0.1, 0.15) is 6.04 Å². The molecule has 3 amide bonds. The van der Waals surface area contributed by atoms with Crippen molar-refractivity contribution in [3.05, 3.63) is 34.9 Å². The number of fused-ring (bicyclic) bond motifs is 1. The van der Waals surface area contributed by atoms with Crippen LogP contribution in [0.4, 0.5) is 0 Å². The van der Waals surface area contributed by atoms with Crippen LogP contribution in [0.1, 0.15) is 47.7 Å². The number of benzene rings is 1. The fourth-order valence-corrected chi connectivity index (χ4v) is 3.93. The molecule has 26 heavy (non-hydrogen) atoms. The SMILES string of the molecule is CCC1(NCc2ccc3c(c2)C(=O)N(C2CCC(=O)NC2=O)C3)CNC1. The molecular formula is C19H24N4O3. The molecule has 0 saturated carbocycles. The van der Waals surface area contributed by atoms with E-state index < -0.39 is 6.04 Å². The first-order chi connectivity index (χ1) is 12.5. The molecule has 2 saturated heterocycles. The Hall–Kier alpha value is -2.25. The summed E-state index contributed by atoms with van der Waals surface area (Å²) >= 11 is 0. The van der Waals surface area contributed by atoms with Crippen molar-refractivity contribution < 1.29 is 14.4 Å². The standard InChI is InChI=1S/C19H24N4O3/c1-2-19(10-20-11-19)21-8-12-3-4-13-9-23(18(26)14(13)7-12)15-5-6-16(24)22-17(15)25/h3-4,7,15,20-21H,2,5-6,8-11H2,1H3,(H,22,24,25). The molecule has 2 fully saturated rings. The molecule has 4 rings (SSSR count). The lowest BCUT2D eigenvalue weighted by Crippen LogP contribution is -2.67. The number of hydrogen-bond acceptors (Lipinski definition) is 5.